The largest absolute Gasteiger partial charge is 0.497 e. The zero-order valence-corrected chi connectivity index (χ0v) is 16.6. The van der Waals surface area contributed by atoms with Crippen molar-refractivity contribution in [3.8, 4) is 5.75 Å². The van der Waals surface area contributed by atoms with Crippen molar-refractivity contribution >= 4 is 23.2 Å². The lowest BCUT2D eigenvalue weighted by atomic mass is 9.96. The van der Waals surface area contributed by atoms with E-state index in [1.54, 1.807) is 23.3 Å². The van der Waals surface area contributed by atoms with Crippen LogP contribution in [0.1, 0.15) is 36.0 Å². The van der Waals surface area contributed by atoms with Crippen molar-refractivity contribution in [1.29, 1.82) is 0 Å². The zero-order valence-electron chi connectivity index (χ0n) is 15.7. The maximum Gasteiger partial charge on any atom is 0.225 e. The van der Waals surface area contributed by atoms with E-state index in [2.05, 4.69) is 17.2 Å². The van der Waals surface area contributed by atoms with Gasteiger partial charge in [0.25, 0.3) is 0 Å². The summed E-state index contributed by atoms with van der Waals surface area (Å²) in [6.07, 6.45) is 1.89. The molecule has 2 amide bonds. The first kappa shape index (κ1) is 19.4. The number of hydrogen-bond donors (Lipinski definition) is 1. The van der Waals surface area contributed by atoms with Gasteiger partial charge in [0, 0.05) is 24.9 Å². The maximum absolute atomic E-state index is 12.6. The number of aromatic nitrogens is 1. The standard InChI is InChI=1S/C20H25N3O3S/c1-3-16-13-27-18(22-16)10-21-20(25)15-7-8-19(24)23(12-15)11-14-5-4-6-17(9-14)26-2/h4-6,9,13,15H,3,7-8,10-12H2,1-2H3,(H,21,25)/t15-/m1/s1. The number of thiazole rings is 1. The number of benzene rings is 1. The van der Waals surface area contributed by atoms with E-state index >= 15 is 0 Å². The third-order valence-electron chi connectivity index (χ3n) is 4.75. The van der Waals surface area contributed by atoms with Gasteiger partial charge in [-0.2, -0.15) is 0 Å². The summed E-state index contributed by atoms with van der Waals surface area (Å²) in [5.41, 5.74) is 2.05. The summed E-state index contributed by atoms with van der Waals surface area (Å²) >= 11 is 1.57. The van der Waals surface area contributed by atoms with Crippen LogP contribution in [0.5, 0.6) is 5.75 Å². The van der Waals surface area contributed by atoms with E-state index in [4.69, 9.17) is 4.74 Å². The number of amides is 2. The number of nitrogens with zero attached hydrogens (tertiary/aromatic N) is 2. The van der Waals surface area contributed by atoms with E-state index in [0.717, 1.165) is 28.4 Å². The average Bonchev–Trinajstić information content (AvgIpc) is 3.16. The Hall–Kier alpha value is -2.41. The van der Waals surface area contributed by atoms with Crippen molar-refractivity contribution < 1.29 is 14.3 Å². The Balaban J connectivity index is 1.56. The Labute approximate surface area is 163 Å². The van der Waals surface area contributed by atoms with Crippen LogP contribution < -0.4 is 10.1 Å². The van der Waals surface area contributed by atoms with Gasteiger partial charge < -0.3 is 15.0 Å². The Morgan fingerprint density at radius 1 is 1.44 bits per heavy atom. The van der Waals surface area contributed by atoms with Crippen molar-refractivity contribution in [2.45, 2.75) is 39.3 Å². The molecule has 3 rings (SSSR count). The Morgan fingerprint density at radius 2 is 2.30 bits per heavy atom. The van der Waals surface area contributed by atoms with Crippen LogP contribution in [0.15, 0.2) is 29.6 Å². The van der Waals surface area contributed by atoms with Gasteiger partial charge in [0.15, 0.2) is 0 Å². The number of nitrogens with one attached hydrogen (secondary N) is 1. The van der Waals surface area contributed by atoms with E-state index < -0.39 is 0 Å². The van der Waals surface area contributed by atoms with Crippen LogP contribution in [-0.4, -0.2) is 35.4 Å². The van der Waals surface area contributed by atoms with Gasteiger partial charge in [-0.1, -0.05) is 19.1 Å². The minimum atomic E-state index is -0.182. The van der Waals surface area contributed by atoms with Crippen LogP contribution in [-0.2, 0) is 29.1 Å². The average molecular weight is 388 g/mol. The fraction of sp³-hybridized carbons (Fsp3) is 0.450. The summed E-state index contributed by atoms with van der Waals surface area (Å²) in [4.78, 5) is 31.1. The molecule has 0 spiro atoms. The molecule has 27 heavy (non-hydrogen) atoms. The number of aryl methyl sites for hydroxylation is 1. The van der Waals surface area contributed by atoms with Gasteiger partial charge in [-0.15, -0.1) is 11.3 Å². The lowest BCUT2D eigenvalue weighted by Crippen LogP contribution is -2.45. The molecule has 1 aromatic carbocycles. The minimum absolute atomic E-state index is 0.00797. The molecule has 144 valence electrons. The second-order valence-electron chi connectivity index (χ2n) is 6.67. The zero-order chi connectivity index (χ0) is 19.2. The Morgan fingerprint density at radius 3 is 3.04 bits per heavy atom. The normalized spacial score (nSPS) is 17.0. The lowest BCUT2D eigenvalue weighted by molar-refractivity contribution is -0.139. The van der Waals surface area contributed by atoms with Gasteiger partial charge in [0.1, 0.15) is 10.8 Å². The molecule has 0 radical (unpaired) electrons. The molecule has 1 fully saturated rings. The number of likely N-dealkylation sites (tertiary alicyclic amines) is 1. The number of methoxy groups -OCH3 is 1. The molecule has 7 heteroatoms. The van der Waals surface area contributed by atoms with E-state index in [9.17, 15) is 9.59 Å². The van der Waals surface area contributed by atoms with E-state index in [1.807, 2.05) is 29.6 Å². The van der Waals surface area contributed by atoms with E-state index in [0.29, 0.717) is 32.5 Å². The number of piperidine rings is 1. The quantitative estimate of drug-likeness (QED) is 0.793. The fourth-order valence-corrected chi connectivity index (χ4v) is 3.99. The van der Waals surface area contributed by atoms with E-state index in [1.165, 1.54) is 0 Å². The maximum atomic E-state index is 12.6. The molecule has 6 nitrogen and oxygen atoms in total. The third kappa shape index (κ3) is 5.07. The van der Waals surface area contributed by atoms with Gasteiger partial charge in [-0.25, -0.2) is 4.98 Å². The summed E-state index contributed by atoms with van der Waals surface area (Å²) in [5, 5.41) is 5.92. The number of ether oxygens (including phenoxy) is 1. The van der Waals surface area contributed by atoms with Gasteiger partial charge >= 0.3 is 0 Å². The highest BCUT2D eigenvalue weighted by Gasteiger charge is 2.30. The summed E-state index contributed by atoms with van der Waals surface area (Å²) in [6, 6.07) is 7.67. The number of carbonyl (C=O) groups is 2. The monoisotopic (exact) mass is 387 g/mol. The van der Waals surface area contributed by atoms with Gasteiger partial charge in [0.2, 0.25) is 11.8 Å². The summed E-state index contributed by atoms with van der Waals surface area (Å²) in [7, 11) is 1.62. The van der Waals surface area contributed by atoms with Crippen LogP contribution in [0.25, 0.3) is 0 Å². The van der Waals surface area contributed by atoms with Crippen molar-refractivity contribution in [2.75, 3.05) is 13.7 Å². The number of hydrogen-bond acceptors (Lipinski definition) is 5. The van der Waals surface area contributed by atoms with Crippen molar-refractivity contribution in [3.63, 3.8) is 0 Å². The molecule has 1 atom stereocenters. The highest BCUT2D eigenvalue weighted by Crippen LogP contribution is 2.22. The molecule has 0 saturated carbocycles. The third-order valence-corrected chi connectivity index (χ3v) is 5.65. The first-order valence-electron chi connectivity index (χ1n) is 9.20. The van der Waals surface area contributed by atoms with E-state index in [-0.39, 0.29) is 17.7 Å². The topological polar surface area (TPSA) is 71.5 Å². The molecule has 0 aliphatic carbocycles. The molecule has 1 saturated heterocycles. The lowest BCUT2D eigenvalue weighted by Gasteiger charge is -2.32. The van der Waals surface area contributed by atoms with Crippen LogP contribution in [0.2, 0.25) is 0 Å². The first-order chi connectivity index (χ1) is 13.1. The van der Waals surface area contributed by atoms with Gasteiger partial charge in [-0.3, -0.25) is 9.59 Å². The molecule has 0 bridgehead atoms. The molecular formula is C20H25N3O3S. The number of rotatable bonds is 7. The Kier molecular flexibility index (Phi) is 6.45. The highest BCUT2D eigenvalue weighted by atomic mass is 32.1. The highest BCUT2D eigenvalue weighted by molar-refractivity contribution is 7.09. The first-order valence-corrected chi connectivity index (χ1v) is 10.1. The second-order valence-corrected chi connectivity index (χ2v) is 7.61. The van der Waals surface area contributed by atoms with Crippen LogP contribution in [0.4, 0.5) is 0 Å². The molecule has 2 aromatic rings. The van der Waals surface area contributed by atoms with Crippen molar-refractivity contribution in [2.24, 2.45) is 5.92 Å². The SMILES string of the molecule is CCc1csc(CNC(=O)[C@@H]2CCC(=O)N(Cc3cccc(OC)c3)C2)n1. The molecule has 1 aliphatic heterocycles. The van der Waals surface area contributed by atoms with Gasteiger partial charge in [0.05, 0.1) is 25.3 Å². The van der Waals surface area contributed by atoms with Gasteiger partial charge in [-0.05, 0) is 30.5 Å². The van der Waals surface area contributed by atoms with Crippen molar-refractivity contribution in [3.05, 3.63) is 45.9 Å². The van der Waals surface area contributed by atoms with Crippen LogP contribution in [0, 0.1) is 5.92 Å². The smallest absolute Gasteiger partial charge is 0.225 e. The molecule has 1 N–H and O–H groups in total. The summed E-state index contributed by atoms with van der Waals surface area (Å²) in [5.74, 6) is 0.667. The Bertz CT molecular complexity index is 805. The summed E-state index contributed by atoms with van der Waals surface area (Å²) in [6.45, 7) is 3.45. The van der Waals surface area contributed by atoms with Crippen LogP contribution in [0.3, 0.4) is 0 Å². The molecule has 0 unspecified atom stereocenters. The predicted octanol–water partition coefficient (Wildman–Crippen LogP) is 2.77. The van der Waals surface area contributed by atoms with Crippen LogP contribution >= 0.6 is 11.3 Å². The second kappa shape index (κ2) is 8.99. The van der Waals surface area contributed by atoms with Crippen molar-refractivity contribution in [1.82, 2.24) is 15.2 Å². The molecule has 1 aromatic heterocycles. The predicted molar refractivity (Wildman–Crippen MR) is 104 cm³/mol. The minimum Gasteiger partial charge on any atom is -0.497 e. The fourth-order valence-electron chi connectivity index (χ4n) is 3.17. The number of carbonyl (C=O) groups excluding carboxylic acids is 2. The molecular weight excluding hydrogens is 362 g/mol. The summed E-state index contributed by atoms with van der Waals surface area (Å²) < 4.78 is 5.24. The molecule has 1 aliphatic rings. The molecule has 2 heterocycles.